The highest BCUT2D eigenvalue weighted by molar-refractivity contribution is 5.69. The van der Waals surface area contributed by atoms with Crippen molar-refractivity contribution in [1.29, 1.82) is 0 Å². The second-order valence-corrected chi connectivity index (χ2v) is 9.51. The Morgan fingerprint density at radius 1 is 1.33 bits per heavy atom. The van der Waals surface area contributed by atoms with Gasteiger partial charge in [-0.2, -0.15) is 0 Å². The van der Waals surface area contributed by atoms with Gasteiger partial charge in [0.25, 0.3) is 0 Å². The first-order valence-electron chi connectivity index (χ1n) is 12.1. The van der Waals surface area contributed by atoms with Crippen LogP contribution in [0.25, 0.3) is 0 Å². The lowest BCUT2D eigenvalue weighted by Crippen LogP contribution is -2.22. The van der Waals surface area contributed by atoms with E-state index in [0.29, 0.717) is 31.1 Å². The topological polar surface area (TPSA) is 85.2 Å². The Hall–Kier alpha value is -1.96. The Labute approximate surface area is 195 Å². The van der Waals surface area contributed by atoms with Gasteiger partial charge < -0.3 is 24.4 Å². The highest BCUT2D eigenvalue weighted by Crippen LogP contribution is 2.42. The van der Waals surface area contributed by atoms with Gasteiger partial charge in [0.2, 0.25) is 0 Å². The van der Waals surface area contributed by atoms with Crippen molar-refractivity contribution in [2.75, 3.05) is 13.2 Å². The monoisotopic (exact) mass is 464 g/mol. The first-order chi connectivity index (χ1) is 15.8. The summed E-state index contributed by atoms with van der Waals surface area (Å²) in [4.78, 5) is 11.7. The Balaban J connectivity index is 1.45. The molecule has 1 aliphatic heterocycles. The van der Waals surface area contributed by atoms with E-state index in [1.54, 1.807) is 18.2 Å². The number of carbonyl (C=O) groups excluding carboxylic acids is 1. The van der Waals surface area contributed by atoms with Gasteiger partial charge in [0.1, 0.15) is 24.3 Å². The van der Waals surface area contributed by atoms with Crippen molar-refractivity contribution in [3.63, 3.8) is 0 Å². The van der Waals surface area contributed by atoms with Gasteiger partial charge in [-0.25, -0.2) is 4.39 Å². The van der Waals surface area contributed by atoms with Gasteiger partial charge in [0.05, 0.1) is 18.3 Å². The van der Waals surface area contributed by atoms with Gasteiger partial charge >= 0.3 is 5.97 Å². The minimum atomic E-state index is -0.857. The van der Waals surface area contributed by atoms with Crippen molar-refractivity contribution in [2.24, 2.45) is 17.8 Å². The van der Waals surface area contributed by atoms with Crippen molar-refractivity contribution < 1.29 is 33.6 Å². The van der Waals surface area contributed by atoms with Crippen LogP contribution < -0.4 is 4.74 Å². The molecule has 184 valence electrons. The summed E-state index contributed by atoms with van der Waals surface area (Å²) in [6.07, 6.45) is 6.75. The molecule has 1 aromatic rings. The van der Waals surface area contributed by atoms with Crippen molar-refractivity contribution in [3.05, 3.63) is 42.2 Å². The molecule has 0 aromatic heterocycles. The maximum Gasteiger partial charge on any atom is 0.306 e. The number of rotatable bonds is 10. The molecule has 1 saturated heterocycles. The molecule has 0 bridgehead atoms. The van der Waals surface area contributed by atoms with Gasteiger partial charge in [-0.15, -0.1) is 0 Å². The summed E-state index contributed by atoms with van der Waals surface area (Å²) >= 11 is 0. The molecule has 2 aliphatic rings. The minimum Gasteiger partial charge on any atom is -0.490 e. The van der Waals surface area contributed by atoms with Gasteiger partial charge in [0.15, 0.2) is 0 Å². The Morgan fingerprint density at radius 2 is 2.15 bits per heavy atom. The van der Waals surface area contributed by atoms with E-state index in [4.69, 9.17) is 14.2 Å². The number of aliphatic hydroxyl groups excluding tert-OH is 2. The van der Waals surface area contributed by atoms with Gasteiger partial charge in [-0.3, -0.25) is 4.79 Å². The Kier molecular flexibility index (Phi) is 9.71. The molecule has 2 N–H and O–H groups in total. The predicted molar refractivity (Wildman–Crippen MR) is 122 cm³/mol. The average molecular weight is 465 g/mol. The van der Waals surface area contributed by atoms with Crippen LogP contribution in [0.3, 0.4) is 0 Å². The second-order valence-electron chi connectivity index (χ2n) is 9.51. The molecule has 0 unspecified atom stereocenters. The lowest BCUT2D eigenvalue weighted by atomic mass is 9.86. The molecule has 6 atom stereocenters. The fourth-order valence-electron chi connectivity index (χ4n) is 4.85. The predicted octanol–water partition coefficient (Wildman–Crippen LogP) is 4.04. The zero-order valence-corrected chi connectivity index (χ0v) is 19.6. The van der Waals surface area contributed by atoms with Crippen LogP contribution in [0, 0.1) is 23.6 Å². The molecule has 3 rings (SSSR count). The number of carbonyl (C=O) groups is 1. The van der Waals surface area contributed by atoms with E-state index in [1.165, 1.54) is 12.1 Å². The molecule has 1 heterocycles. The van der Waals surface area contributed by atoms with Crippen LogP contribution in [0.1, 0.15) is 52.4 Å². The maximum absolute atomic E-state index is 13.2. The largest absolute Gasteiger partial charge is 0.490 e. The molecule has 0 amide bonds. The summed E-state index contributed by atoms with van der Waals surface area (Å²) in [5.74, 6) is 0.338. The Bertz CT molecular complexity index is 782. The smallest absolute Gasteiger partial charge is 0.306 e. The van der Waals surface area contributed by atoms with E-state index in [0.717, 1.165) is 25.7 Å². The van der Waals surface area contributed by atoms with Crippen LogP contribution in [0.4, 0.5) is 4.39 Å². The summed E-state index contributed by atoms with van der Waals surface area (Å²) in [7, 11) is 0. The van der Waals surface area contributed by atoms with E-state index in [1.807, 2.05) is 19.9 Å². The molecule has 1 saturated carbocycles. The Morgan fingerprint density at radius 3 is 2.91 bits per heavy atom. The number of hydrogen-bond acceptors (Lipinski definition) is 6. The fraction of sp³-hybridized carbons (Fsp3) is 0.654. The molecule has 1 aromatic carbocycles. The lowest BCUT2D eigenvalue weighted by molar-refractivity contribution is -0.147. The fourth-order valence-corrected chi connectivity index (χ4v) is 4.85. The van der Waals surface area contributed by atoms with Crippen LogP contribution >= 0.6 is 0 Å². The molecule has 0 radical (unpaired) electrons. The molecule has 1 aliphatic carbocycles. The van der Waals surface area contributed by atoms with E-state index in [-0.39, 0.29) is 42.4 Å². The summed E-state index contributed by atoms with van der Waals surface area (Å²) in [5, 5.41) is 20.8. The number of aliphatic hydroxyl groups is 2. The third-order valence-electron chi connectivity index (χ3n) is 6.48. The number of esters is 1. The van der Waals surface area contributed by atoms with Crippen molar-refractivity contribution in [3.8, 4) is 5.75 Å². The molecule has 7 heteroatoms. The van der Waals surface area contributed by atoms with Crippen LogP contribution in [0.5, 0.6) is 5.75 Å². The zero-order chi connectivity index (χ0) is 23.8. The third-order valence-corrected chi connectivity index (χ3v) is 6.48. The summed E-state index contributed by atoms with van der Waals surface area (Å²) in [6.45, 7) is 4.36. The highest BCUT2D eigenvalue weighted by Gasteiger charge is 2.43. The lowest BCUT2D eigenvalue weighted by Gasteiger charge is -2.21. The standard InChI is InChI=1S/C26H37FO6/c1-17(2)33-26(30)8-3-5-18-9-11-23-22(24(29)14-25(23)32-15-18)12-10-20(28)16-31-21-7-4-6-19(27)13-21/h4,6-7,10,12-13,17-18,20,22-25,28-29H,3,5,8-9,11,14-16H2,1-2H3/b12-10+/t18-,20-,22+,23+,24+,25-/m0/s1. The van der Waals surface area contributed by atoms with Crippen LogP contribution in [0.2, 0.25) is 0 Å². The molecule has 2 fully saturated rings. The summed E-state index contributed by atoms with van der Waals surface area (Å²) in [6, 6.07) is 5.80. The zero-order valence-electron chi connectivity index (χ0n) is 19.6. The number of benzene rings is 1. The number of ether oxygens (including phenoxy) is 3. The van der Waals surface area contributed by atoms with Crippen molar-refractivity contribution in [1.82, 2.24) is 0 Å². The first-order valence-corrected chi connectivity index (χ1v) is 12.1. The van der Waals surface area contributed by atoms with Gasteiger partial charge in [0, 0.05) is 31.4 Å². The van der Waals surface area contributed by atoms with Crippen molar-refractivity contribution in [2.45, 2.75) is 76.8 Å². The average Bonchev–Trinajstić information content (AvgIpc) is 2.92. The number of hydrogen-bond donors (Lipinski definition) is 2. The van der Waals surface area contributed by atoms with E-state index in [2.05, 4.69) is 0 Å². The SMILES string of the molecule is CC(C)OC(=O)CCC[C@H]1CC[C@@H]2[C@@H](/C=C/[C@H](O)COc3cccc(F)c3)[C@H](O)C[C@@H]2OC1. The van der Waals surface area contributed by atoms with Gasteiger partial charge in [-0.05, 0) is 63.5 Å². The van der Waals surface area contributed by atoms with Crippen LogP contribution in [0.15, 0.2) is 36.4 Å². The molecular formula is C26H37FO6. The summed E-state index contributed by atoms with van der Waals surface area (Å²) in [5.41, 5.74) is 0. The number of halogens is 1. The van der Waals surface area contributed by atoms with E-state index >= 15 is 0 Å². The number of fused-ring (bicyclic) bond motifs is 1. The van der Waals surface area contributed by atoms with Crippen LogP contribution in [-0.2, 0) is 14.3 Å². The third kappa shape index (κ3) is 8.09. The van der Waals surface area contributed by atoms with E-state index < -0.39 is 12.2 Å². The molecular weight excluding hydrogens is 427 g/mol. The molecule has 6 nitrogen and oxygen atoms in total. The van der Waals surface area contributed by atoms with E-state index in [9.17, 15) is 19.4 Å². The first kappa shape index (κ1) is 25.7. The molecule has 0 spiro atoms. The van der Waals surface area contributed by atoms with Gasteiger partial charge in [-0.1, -0.05) is 18.2 Å². The van der Waals surface area contributed by atoms with Crippen molar-refractivity contribution >= 4 is 5.97 Å². The highest BCUT2D eigenvalue weighted by atomic mass is 19.1. The quantitative estimate of drug-likeness (QED) is 0.402. The minimum absolute atomic E-state index is 0.00578. The normalized spacial score (nSPS) is 28.5. The second kappa shape index (κ2) is 12.5. The maximum atomic E-state index is 13.2. The molecule has 33 heavy (non-hydrogen) atoms. The summed E-state index contributed by atoms with van der Waals surface area (Å²) < 4.78 is 30.0. The van der Waals surface area contributed by atoms with Crippen LogP contribution in [-0.4, -0.2) is 53.8 Å².